The van der Waals surface area contributed by atoms with Crippen LogP contribution < -0.4 is 16.2 Å². The molecule has 0 aliphatic carbocycles. The zero-order chi connectivity index (χ0) is 13.9. The Balaban J connectivity index is 1.91. The van der Waals surface area contributed by atoms with Crippen LogP contribution in [0.5, 0.6) is 5.75 Å². The van der Waals surface area contributed by atoms with Gasteiger partial charge in [-0.25, -0.2) is 4.98 Å². The van der Waals surface area contributed by atoms with Crippen LogP contribution in [0.2, 0.25) is 0 Å². The summed E-state index contributed by atoms with van der Waals surface area (Å²) in [6, 6.07) is 6.60. The number of hydrogen-bond acceptors (Lipinski definition) is 5. The Morgan fingerprint density at radius 3 is 2.70 bits per heavy atom. The van der Waals surface area contributed by atoms with Crippen molar-refractivity contribution in [2.75, 3.05) is 18.4 Å². The molecule has 0 spiro atoms. The van der Waals surface area contributed by atoms with Crippen LogP contribution in [0.15, 0.2) is 29.1 Å². The fraction of sp³-hybridized carbons (Fsp3) is 0.286. The number of nitrogens with one attached hydrogen (secondary N) is 3. The maximum atomic E-state index is 12.1. The van der Waals surface area contributed by atoms with Crippen molar-refractivity contribution in [2.24, 2.45) is 0 Å². The largest absolute Gasteiger partial charge is 0.508 e. The second-order valence-electron chi connectivity index (χ2n) is 4.76. The highest BCUT2D eigenvalue weighted by Gasteiger charge is 2.14. The first-order valence-corrected chi connectivity index (χ1v) is 6.61. The molecule has 1 aliphatic heterocycles. The molecule has 1 aromatic heterocycles. The van der Waals surface area contributed by atoms with E-state index in [2.05, 4.69) is 20.6 Å². The molecule has 1 aliphatic rings. The number of rotatable bonds is 2. The molecule has 0 radical (unpaired) electrons. The topological polar surface area (TPSA) is 90.0 Å². The number of phenols is 1. The SMILES string of the molecule is O=c1[nH]c(Nc2ccc(O)cc2)nc2c1CCNCC2. The highest BCUT2D eigenvalue weighted by molar-refractivity contribution is 5.54. The molecule has 0 bridgehead atoms. The number of hydrogen-bond donors (Lipinski definition) is 4. The summed E-state index contributed by atoms with van der Waals surface area (Å²) in [7, 11) is 0. The Labute approximate surface area is 115 Å². The van der Waals surface area contributed by atoms with E-state index in [0.717, 1.165) is 36.5 Å². The second-order valence-corrected chi connectivity index (χ2v) is 4.76. The average Bonchev–Trinajstić information content (AvgIpc) is 2.67. The van der Waals surface area contributed by atoms with Crippen LogP contribution in [0.3, 0.4) is 0 Å². The van der Waals surface area contributed by atoms with Crippen molar-refractivity contribution in [3.8, 4) is 5.75 Å². The average molecular weight is 272 g/mol. The standard InChI is InChI=1S/C14H16N4O2/c19-10-3-1-9(2-4-10)16-14-17-12-6-8-15-7-5-11(12)13(20)18-14/h1-4,15,19H,5-8H2,(H2,16,17,18,20). The summed E-state index contributed by atoms with van der Waals surface area (Å²) in [6.07, 6.45) is 1.46. The van der Waals surface area contributed by atoms with E-state index in [1.807, 2.05) is 0 Å². The van der Waals surface area contributed by atoms with Gasteiger partial charge in [-0.05, 0) is 37.2 Å². The summed E-state index contributed by atoms with van der Waals surface area (Å²) < 4.78 is 0. The molecule has 104 valence electrons. The van der Waals surface area contributed by atoms with Crippen LogP contribution in [0.25, 0.3) is 0 Å². The number of aromatic hydroxyl groups is 1. The smallest absolute Gasteiger partial charge is 0.255 e. The van der Waals surface area contributed by atoms with Crippen molar-refractivity contribution >= 4 is 11.6 Å². The Bertz CT molecular complexity index is 664. The Morgan fingerprint density at radius 1 is 1.15 bits per heavy atom. The fourth-order valence-corrected chi connectivity index (χ4v) is 2.29. The lowest BCUT2D eigenvalue weighted by atomic mass is 10.1. The van der Waals surface area contributed by atoms with E-state index in [4.69, 9.17) is 0 Å². The molecule has 0 amide bonds. The molecule has 3 rings (SSSR count). The summed E-state index contributed by atoms with van der Waals surface area (Å²) in [5.41, 5.74) is 2.30. The number of H-pyrrole nitrogens is 1. The van der Waals surface area contributed by atoms with E-state index >= 15 is 0 Å². The number of benzene rings is 1. The van der Waals surface area contributed by atoms with E-state index in [1.165, 1.54) is 0 Å². The highest BCUT2D eigenvalue weighted by atomic mass is 16.3. The summed E-state index contributed by atoms with van der Waals surface area (Å²) in [5, 5.41) is 15.5. The summed E-state index contributed by atoms with van der Waals surface area (Å²) in [6.45, 7) is 1.64. The van der Waals surface area contributed by atoms with Gasteiger partial charge in [0.15, 0.2) is 0 Å². The third-order valence-electron chi connectivity index (χ3n) is 3.32. The van der Waals surface area contributed by atoms with Gasteiger partial charge in [0.1, 0.15) is 5.75 Å². The molecule has 2 aromatic rings. The third kappa shape index (κ3) is 2.65. The van der Waals surface area contributed by atoms with Gasteiger partial charge in [0.05, 0.1) is 5.69 Å². The first-order valence-electron chi connectivity index (χ1n) is 6.61. The Kier molecular flexibility index (Phi) is 3.39. The quantitative estimate of drug-likeness (QED) is 0.610. The van der Waals surface area contributed by atoms with Gasteiger partial charge in [-0.2, -0.15) is 0 Å². The molecule has 2 heterocycles. The van der Waals surface area contributed by atoms with Gasteiger partial charge < -0.3 is 15.7 Å². The number of phenolic OH excluding ortho intramolecular Hbond substituents is 1. The monoisotopic (exact) mass is 272 g/mol. The van der Waals surface area contributed by atoms with Crippen molar-refractivity contribution < 1.29 is 5.11 Å². The Hall–Kier alpha value is -2.34. The maximum absolute atomic E-state index is 12.1. The lowest BCUT2D eigenvalue weighted by molar-refractivity contribution is 0.475. The number of fused-ring (bicyclic) bond motifs is 1. The zero-order valence-electron chi connectivity index (χ0n) is 10.9. The molecule has 0 fully saturated rings. The maximum Gasteiger partial charge on any atom is 0.255 e. The van der Waals surface area contributed by atoms with Crippen molar-refractivity contribution in [1.29, 1.82) is 0 Å². The van der Waals surface area contributed by atoms with Crippen LogP contribution in [0, 0.1) is 0 Å². The lowest BCUT2D eigenvalue weighted by Crippen LogP contribution is -2.20. The second kappa shape index (κ2) is 5.34. The predicted octanol–water partition coefficient (Wildman–Crippen LogP) is 0.907. The van der Waals surface area contributed by atoms with E-state index in [0.29, 0.717) is 12.4 Å². The fourth-order valence-electron chi connectivity index (χ4n) is 2.29. The van der Waals surface area contributed by atoms with Gasteiger partial charge in [-0.3, -0.25) is 9.78 Å². The van der Waals surface area contributed by atoms with Crippen LogP contribution >= 0.6 is 0 Å². The first kappa shape index (κ1) is 12.7. The highest BCUT2D eigenvalue weighted by Crippen LogP contribution is 2.17. The summed E-state index contributed by atoms with van der Waals surface area (Å²) >= 11 is 0. The summed E-state index contributed by atoms with van der Waals surface area (Å²) in [5.74, 6) is 0.631. The van der Waals surface area contributed by atoms with Crippen molar-refractivity contribution in [1.82, 2.24) is 15.3 Å². The molecular weight excluding hydrogens is 256 g/mol. The third-order valence-corrected chi connectivity index (χ3v) is 3.32. The molecule has 6 nitrogen and oxygen atoms in total. The molecule has 4 N–H and O–H groups in total. The van der Waals surface area contributed by atoms with Gasteiger partial charge >= 0.3 is 0 Å². The minimum Gasteiger partial charge on any atom is -0.508 e. The molecule has 0 atom stereocenters. The van der Waals surface area contributed by atoms with Gasteiger partial charge in [0.2, 0.25) is 5.95 Å². The zero-order valence-corrected chi connectivity index (χ0v) is 10.9. The predicted molar refractivity (Wildman–Crippen MR) is 76.5 cm³/mol. The Morgan fingerprint density at radius 2 is 1.90 bits per heavy atom. The summed E-state index contributed by atoms with van der Waals surface area (Å²) in [4.78, 5) is 19.3. The molecule has 0 saturated heterocycles. The molecule has 20 heavy (non-hydrogen) atoms. The van der Waals surface area contributed by atoms with E-state index < -0.39 is 0 Å². The van der Waals surface area contributed by atoms with Gasteiger partial charge in [-0.1, -0.05) is 0 Å². The molecular formula is C14H16N4O2. The normalized spacial score (nSPS) is 14.4. The molecule has 0 saturated carbocycles. The molecule has 0 unspecified atom stereocenters. The molecule has 1 aromatic carbocycles. The van der Waals surface area contributed by atoms with Gasteiger partial charge in [0, 0.05) is 24.2 Å². The van der Waals surface area contributed by atoms with Crippen molar-refractivity contribution in [3.05, 3.63) is 45.9 Å². The van der Waals surface area contributed by atoms with E-state index in [9.17, 15) is 9.90 Å². The molecule has 6 heteroatoms. The number of nitrogens with zero attached hydrogens (tertiary/aromatic N) is 1. The van der Waals surface area contributed by atoms with E-state index in [1.54, 1.807) is 24.3 Å². The minimum absolute atomic E-state index is 0.0834. The van der Waals surface area contributed by atoms with Gasteiger partial charge in [-0.15, -0.1) is 0 Å². The lowest BCUT2D eigenvalue weighted by Gasteiger charge is -2.09. The van der Waals surface area contributed by atoms with Crippen molar-refractivity contribution in [3.63, 3.8) is 0 Å². The van der Waals surface area contributed by atoms with Crippen LogP contribution in [-0.4, -0.2) is 28.2 Å². The van der Waals surface area contributed by atoms with Crippen LogP contribution in [-0.2, 0) is 12.8 Å². The number of aromatic nitrogens is 2. The number of anilines is 2. The van der Waals surface area contributed by atoms with Crippen LogP contribution in [0.1, 0.15) is 11.3 Å². The van der Waals surface area contributed by atoms with Gasteiger partial charge in [0.25, 0.3) is 5.56 Å². The number of aromatic amines is 1. The van der Waals surface area contributed by atoms with Crippen molar-refractivity contribution in [2.45, 2.75) is 12.8 Å². The first-order chi connectivity index (χ1) is 9.72. The van der Waals surface area contributed by atoms with Crippen LogP contribution in [0.4, 0.5) is 11.6 Å². The van der Waals surface area contributed by atoms with E-state index in [-0.39, 0.29) is 11.3 Å². The minimum atomic E-state index is -0.0834.